The van der Waals surface area contributed by atoms with Crippen LogP contribution < -0.4 is 10.1 Å². The number of para-hydroxylation sites is 1. The molecule has 2 rings (SSSR count). The van der Waals surface area contributed by atoms with E-state index in [1.54, 1.807) is 0 Å². The number of nitrogens with one attached hydrogen (secondary N) is 1. The summed E-state index contributed by atoms with van der Waals surface area (Å²) in [6, 6.07) is 14.0. The molecule has 0 fully saturated rings. The number of hydrogen-bond acceptors (Lipinski definition) is 3. The zero-order valence-electron chi connectivity index (χ0n) is 15.3. The molecular formula is C21H27NO2S. The summed E-state index contributed by atoms with van der Waals surface area (Å²) in [7, 11) is 0. The Hall–Kier alpha value is -1.94. The smallest absolute Gasteiger partial charge is 0.224 e. The van der Waals surface area contributed by atoms with E-state index in [2.05, 4.69) is 24.4 Å². The molecular weight excluding hydrogens is 330 g/mol. The first-order chi connectivity index (χ1) is 12.1. The quantitative estimate of drug-likeness (QED) is 0.631. The van der Waals surface area contributed by atoms with Crippen LogP contribution in [0.4, 0.5) is 5.69 Å². The maximum Gasteiger partial charge on any atom is 0.224 e. The van der Waals surface area contributed by atoms with E-state index in [-0.39, 0.29) is 5.91 Å². The molecule has 3 nitrogen and oxygen atoms in total. The second-order valence-corrected chi connectivity index (χ2v) is 7.42. The normalized spacial score (nSPS) is 10.5. The van der Waals surface area contributed by atoms with Gasteiger partial charge in [-0.1, -0.05) is 35.9 Å². The van der Waals surface area contributed by atoms with E-state index in [0.29, 0.717) is 13.0 Å². The SMILES string of the molecule is Cc1cc(C)c(NC(=O)CCCSCCOc2ccccc2)c(C)c1. The van der Waals surface area contributed by atoms with Crippen molar-refractivity contribution < 1.29 is 9.53 Å². The van der Waals surface area contributed by atoms with Gasteiger partial charge in [0.1, 0.15) is 5.75 Å². The van der Waals surface area contributed by atoms with Gasteiger partial charge >= 0.3 is 0 Å². The predicted molar refractivity (Wildman–Crippen MR) is 108 cm³/mol. The monoisotopic (exact) mass is 357 g/mol. The molecule has 0 aromatic heterocycles. The predicted octanol–water partition coefficient (Wildman–Crippen LogP) is 5.14. The molecule has 0 radical (unpaired) electrons. The number of thioether (sulfide) groups is 1. The van der Waals surface area contributed by atoms with Crippen LogP contribution in [0.2, 0.25) is 0 Å². The van der Waals surface area contributed by atoms with Gasteiger partial charge in [0.05, 0.1) is 6.61 Å². The molecule has 134 valence electrons. The van der Waals surface area contributed by atoms with Crippen molar-refractivity contribution in [3.8, 4) is 5.75 Å². The fourth-order valence-corrected chi connectivity index (χ4v) is 3.50. The summed E-state index contributed by atoms with van der Waals surface area (Å²) in [5, 5.41) is 3.06. The number of rotatable bonds is 9. The van der Waals surface area contributed by atoms with E-state index in [0.717, 1.165) is 40.5 Å². The molecule has 2 aromatic carbocycles. The van der Waals surface area contributed by atoms with Gasteiger partial charge in [-0.3, -0.25) is 4.79 Å². The number of ether oxygens (including phenoxy) is 1. The number of aryl methyl sites for hydroxylation is 3. The lowest BCUT2D eigenvalue weighted by Gasteiger charge is -2.12. The fourth-order valence-electron chi connectivity index (χ4n) is 2.75. The third kappa shape index (κ3) is 6.83. The summed E-state index contributed by atoms with van der Waals surface area (Å²) in [4.78, 5) is 12.1. The Balaban J connectivity index is 1.60. The van der Waals surface area contributed by atoms with Crippen LogP contribution in [0.1, 0.15) is 29.5 Å². The molecule has 0 aliphatic heterocycles. The van der Waals surface area contributed by atoms with E-state index < -0.39 is 0 Å². The third-order valence-electron chi connectivity index (χ3n) is 3.87. The van der Waals surface area contributed by atoms with Gasteiger partial charge in [0.25, 0.3) is 0 Å². The van der Waals surface area contributed by atoms with Crippen molar-refractivity contribution in [2.45, 2.75) is 33.6 Å². The summed E-state index contributed by atoms with van der Waals surface area (Å²) < 4.78 is 5.65. The average molecular weight is 358 g/mol. The lowest BCUT2D eigenvalue weighted by molar-refractivity contribution is -0.116. The summed E-state index contributed by atoms with van der Waals surface area (Å²) in [6.07, 6.45) is 1.44. The first-order valence-electron chi connectivity index (χ1n) is 8.69. The molecule has 0 unspecified atom stereocenters. The van der Waals surface area contributed by atoms with Gasteiger partial charge in [-0.15, -0.1) is 0 Å². The molecule has 0 saturated carbocycles. The lowest BCUT2D eigenvalue weighted by Crippen LogP contribution is -2.13. The molecule has 0 heterocycles. The average Bonchev–Trinajstić information content (AvgIpc) is 2.58. The topological polar surface area (TPSA) is 38.3 Å². The van der Waals surface area contributed by atoms with Crippen LogP contribution in [0.5, 0.6) is 5.75 Å². The number of benzene rings is 2. The van der Waals surface area contributed by atoms with Crippen LogP contribution in [-0.4, -0.2) is 24.0 Å². The fraction of sp³-hybridized carbons (Fsp3) is 0.381. The molecule has 25 heavy (non-hydrogen) atoms. The Kier molecular flexibility index (Phi) is 7.86. The van der Waals surface area contributed by atoms with E-state index in [1.807, 2.05) is 55.9 Å². The molecule has 0 saturated heterocycles. The Labute approximate surface area is 155 Å². The lowest BCUT2D eigenvalue weighted by atomic mass is 10.0. The van der Waals surface area contributed by atoms with Crippen molar-refractivity contribution in [1.29, 1.82) is 0 Å². The summed E-state index contributed by atoms with van der Waals surface area (Å²) in [5.41, 5.74) is 4.43. The molecule has 1 amide bonds. The van der Waals surface area contributed by atoms with Crippen molar-refractivity contribution in [2.24, 2.45) is 0 Å². The van der Waals surface area contributed by atoms with Crippen LogP contribution in [-0.2, 0) is 4.79 Å². The second-order valence-electron chi connectivity index (χ2n) is 6.20. The maximum atomic E-state index is 12.1. The third-order valence-corrected chi connectivity index (χ3v) is 4.91. The molecule has 0 aliphatic carbocycles. The highest BCUT2D eigenvalue weighted by atomic mass is 32.2. The van der Waals surface area contributed by atoms with Crippen molar-refractivity contribution in [3.05, 3.63) is 59.2 Å². The first-order valence-corrected chi connectivity index (χ1v) is 9.85. The Morgan fingerprint density at radius 2 is 1.72 bits per heavy atom. The van der Waals surface area contributed by atoms with Gasteiger partial charge < -0.3 is 10.1 Å². The Morgan fingerprint density at radius 3 is 2.40 bits per heavy atom. The molecule has 2 aromatic rings. The highest BCUT2D eigenvalue weighted by molar-refractivity contribution is 7.99. The van der Waals surface area contributed by atoms with E-state index in [4.69, 9.17) is 4.74 Å². The number of amides is 1. The van der Waals surface area contributed by atoms with Crippen LogP contribution in [0, 0.1) is 20.8 Å². The van der Waals surface area contributed by atoms with Gasteiger partial charge in [0, 0.05) is 17.9 Å². The number of carbonyl (C=O) groups excluding carboxylic acids is 1. The van der Waals surface area contributed by atoms with Gasteiger partial charge in [0.15, 0.2) is 0 Å². The summed E-state index contributed by atoms with van der Waals surface area (Å²) >= 11 is 1.82. The minimum Gasteiger partial charge on any atom is -0.493 e. The molecule has 0 atom stereocenters. The van der Waals surface area contributed by atoms with Gasteiger partial charge in [-0.2, -0.15) is 11.8 Å². The highest BCUT2D eigenvalue weighted by Gasteiger charge is 2.08. The Bertz CT molecular complexity index is 663. The van der Waals surface area contributed by atoms with Gasteiger partial charge in [0.2, 0.25) is 5.91 Å². The van der Waals surface area contributed by atoms with Crippen molar-refractivity contribution >= 4 is 23.4 Å². The van der Waals surface area contributed by atoms with Crippen LogP contribution in [0.15, 0.2) is 42.5 Å². The standard InChI is InChI=1S/C21H27NO2S/c1-16-14-17(2)21(18(3)15-16)22-20(23)10-7-12-25-13-11-24-19-8-5-4-6-9-19/h4-6,8-9,14-15H,7,10-13H2,1-3H3,(H,22,23). The summed E-state index contributed by atoms with van der Waals surface area (Å²) in [5.74, 6) is 2.91. The zero-order chi connectivity index (χ0) is 18.1. The second kappa shape index (κ2) is 10.1. The zero-order valence-corrected chi connectivity index (χ0v) is 16.1. The van der Waals surface area contributed by atoms with E-state index in [9.17, 15) is 4.79 Å². The minimum absolute atomic E-state index is 0.0937. The van der Waals surface area contributed by atoms with Crippen molar-refractivity contribution in [3.63, 3.8) is 0 Å². The number of hydrogen-bond donors (Lipinski definition) is 1. The van der Waals surface area contributed by atoms with Gasteiger partial charge in [-0.05, 0) is 56.2 Å². The van der Waals surface area contributed by atoms with Gasteiger partial charge in [-0.25, -0.2) is 0 Å². The molecule has 0 bridgehead atoms. The van der Waals surface area contributed by atoms with E-state index in [1.165, 1.54) is 5.56 Å². The first kappa shape index (κ1) is 19.4. The molecule has 4 heteroatoms. The maximum absolute atomic E-state index is 12.1. The minimum atomic E-state index is 0.0937. The van der Waals surface area contributed by atoms with Crippen LogP contribution in [0.25, 0.3) is 0 Å². The molecule has 0 aliphatic rings. The summed E-state index contributed by atoms with van der Waals surface area (Å²) in [6.45, 7) is 6.85. The number of carbonyl (C=O) groups is 1. The van der Waals surface area contributed by atoms with E-state index >= 15 is 0 Å². The molecule has 1 N–H and O–H groups in total. The highest BCUT2D eigenvalue weighted by Crippen LogP contribution is 2.22. The largest absolute Gasteiger partial charge is 0.493 e. The van der Waals surface area contributed by atoms with Crippen LogP contribution >= 0.6 is 11.8 Å². The Morgan fingerprint density at radius 1 is 1.04 bits per heavy atom. The van der Waals surface area contributed by atoms with Crippen molar-refractivity contribution in [2.75, 3.05) is 23.4 Å². The van der Waals surface area contributed by atoms with Crippen molar-refractivity contribution in [1.82, 2.24) is 0 Å². The number of anilines is 1. The molecule has 0 spiro atoms. The van der Waals surface area contributed by atoms with Crippen LogP contribution in [0.3, 0.4) is 0 Å².